The van der Waals surface area contributed by atoms with Gasteiger partial charge in [-0.2, -0.15) is 0 Å². The average Bonchev–Trinajstić information content (AvgIpc) is 3.03. The number of thioether (sulfide) groups is 1. The lowest BCUT2D eigenvalue weighted by molar-refractivity contribution is -0.119. The second kappa shape index (κ2) is 11.1. The van der Waals surface area contributed by atoms with Gasteiger partial charge in [0.15, 0.2) is 5.16 Å². The number of nitrogens with zero attached hydrogens (tertiary/aromatic N) is 2. The second-order valence-corrected chi connectivity index (χ2v) is 11.5. The number of hydrogen-bond donors (Lipinski definition) is 1. The Balaban J connectivity index is 1.39. The zero-order valence-electron chi connectivity index (χ0n) is 19.7. The maximum absolute atomic E-state index is 13.7. The van der Waals surface area contributed by atoms with Crippen molar-refractivity contribution in [3.05, 3.63) is 56.7 Å². The Morgan fingerprint density at radius 2 is 1.82 bits per heavy atom. The minimum Gasteiger partial charge on any atom is -0.353 e. The third-order valence-corrected chi connectivity index (χ3v) is 9.22. The smallest absolute Gasteiger partial charge is 0.263 e. The number of amides is 1. The van der Waals surface area contributed by atoms with Crippen molar-refractivity contribution >= 4 is 39.2 Å². The summed E-state index contributed by atoms with van der Waals surface area (Å²) in [7, 11) is 0. The van der Waals surface area contributed by atoms with Crippen LogP contribution in [0.4, 0.5) is 0 Å². The standard InChI is InChI=1S/C27H33N3O2S2/c31-23(28-20-12-6-1-2-7-13-20)18-33-27-29-25-24(21-14-8-9-15-22(21)34-25)26(32)30(27)17-16-19-10-4-3-5-11-19/h3-5,10-11,20H,1-2,6-9,12-18H2,(H,28,31). The lowest BCUT2D eigenvalue weighted by atomic mass is 9.97. The largest absolute Gasteiger partial charge is 0.353 e. The van der Waals surface area contributed by atoms with Crippen LogP contribution < -0.4 is 10.9 Å². The number of carbonyl (C=O) groups excluding carboxylic acids is 1. The molecule has 0 atom stereocenters. The molecule has 1 amide bonds. The molecule has 0 bridgehead atoms. The van der Waals surface area contributed by atoms with E-state index < -0.39 is 0 Å². The minimum atomic E-state index is 0.0475. The summed E-state index contributed by atoms with van der Waals surface area (Å²) in [5.41, 5.74) is 2.48. The van der Waals surface area contributed by atoms with E-state index in [4.69, 9.17) is 4.98 Å². The van der Waals surface area contributed by atoms with E-state index in [9.17, 15) is 9.59 Å². The quantitative estimate of drug-likeness (QED) is 0.267. The van der Waals surface area contributed by atoms with E-state index in [1.54, 1.807) is 11.3 Å². The molecule has 34 heavy (non-hydrogen) atoms. The minimum absolute atomic E-state index is 0.0475. The van der Waals surface area contributed by atoms with Gasteiger partial charge in [-0.15, -0.1) is 11.3 Å². The number of aryl methyl sites for hydroxylation is 3. The molecule has 0 unspecified atom stereocenters. The Morgan fingerprint density at radius 3 is 2.62 bits per heavy atom. The van der Waals surface area contributed by atoms with Gasteiger partial charge in [0.05, 0.1) is 11.1 Å². The Hall–Kier alpha value is -2.12. The summed E-state index contributed by atoms with van der Waals surface area (Å²) >= 11 is 3.08. The SMILES string of the molecule is O=C(CSc1nc2sc3c(c2c(=O)n1CCc1ccccc1)CCCC3)NC1CCCCCC1. The highest BCUT2D eigenvalue weighted by Crippen LogP contribution is 2.34. The Labute approximate surface area is 209 Å². The van der Waals surface area contributed by atoms with Gasteiger partial charge < -0.3 is 5.32 Å². The summed E-state index contributed by atoms with van der Waals surface area (Å²) in [6.45, 7) is 0.572. The van der Waals surface area contributed by atoms with Crippen LogP contribution in [0.2, 0.25) is 0 Å². The summed E-state index contributed by atoms with van der Waals surface area (Å²) in [5.74, 6) is 0.344. The first-order chi connectivity index (χ1) is 16.7. The molecule has 5 rings (SSSR count). The van der Waals surface area contributed by atoms with Gasteiger partial charge in [-0.25, -0.2) is 4.98 Å². The van der Waals surface area contributed by atoms with Crippen LogP contribution in [0, 0.1) is 0 Å². The number of carbonyl (C=O) groups is 1. The molecule has 2 aromatic heterocycles. The second-order valence-electron chi connectivity index (χ2n) is 9.52. The third-order valence-electron chi connectivity index (χ3n) is 7.06. The van der Waals surface area contributed by atoms with Crippen LogP contribution in [0.15, 0.2) is 40.3 Å². The lowest BCUT2D eigenvalue weighted by Gasteiger charge is -2.17. The van der Waals surface area contributed by atoms with Crippen LogP contribution >= 0.6 is 23.1 Å². The molecule has 1 aromatic carbocycles. The highest BCUT2D eigenvalue weighted by molar-refractivity contribution is 7.99. The molecule has 3 aromatic rings. The van der Waals surface area contributed by atoms with Crippen LogP contribution in [-0.4, -0.2) is 27.3 Å². The number of aromatic nitrogens is 2. The predicted octanol–water partition coefficient (Wildman–Crippen LogP) is 5.51. The molecule has 1 fully saturated rings. The van der Waals surface area contributed by atoms with Crippen LogP contribution in [0.3, 0.4) is 0 Å². The van der Waals surface area contributed by atoms with E-state index >= 15 is 0 Å². The van der Waals surface area contributed by atoms with Crippen LogP contribution in [-0.2, 0) is 30.6 Å². The van der Waals surface area contributed by atoms with E-state index in [2.05, 4.69) is 17.4 Å². The Bertz CT molecular complexity index is 1190. The van der Waals surface area contributed by atoms with Crippen LogP contribution in [0.5, 0.6) is 0 Å². The zero-order chi connectivity index (χ0) is 23.3. The summed E-state index contributed by atoms with van der Waals surface area (Å²) in [4.78, 5) is 33.6. The molecule has 0 spiro atoms. The molecule has 1 saturated carbocycles. The number of hydrogen-bond acceptors (Lipinski definition) is 5. The van der Waals surface area contributed by atoms with Gasteiger partial charge in [-0.3, -0.25) is 14.2 Å². The Morgan fingerprint density at radius 1 is 1.06 bits per heavy atom. The topological polar surface area (TPSA) is 64.0 Å². The Kier molecular flexibility index (Phi) is 7.70. The average molecular weight is 496 g/mol. The van der Waals surface area contributed by atoms with E-state index in [-0.39, 0.29) is 17.5 Å². The maximum atomic E-state index is 13.7. The number of fused-ring (bicyclic) bond motifs is 3. The molecular formula is C27H33N3O2S2. The van der Waals surface area contributed by atoms with Gasteiger partial charge in [-0.1, -0.05) is 67.8 Å². The monoisotopic (exact) mass is 495 g/mol. The predicted molar refractivity (Wildman–Crippen MR) is 141 cm³/mol. The molecule has 5 nitrogen and oxygen atoms in total. The molecular weight excluding hydrogens is 462 g/mol. The van der Waals surface area contributed by atoms with E-state index in [0.717, 1.165) is 48.7 Å². The summed E-state index contributed by atoms with van der Waals surface area (Å²) in [6.07, 6.45) is 12.2. The van der Waals surface area contributed by atoms with Gasteiger partial charge in [0.2, 0.25) is 5.91 Å². The molecule has 7 heteroatoms. The first-order valence-corrected chi connectivity index (χ1v) is 14.5. The van der Waals surface area contributed by atoms with Gasteiger partial charge in [0.1, 0.15) is 4.83 Å². The fourth-order valence-corrected chi connectivity index (χ4v) is 7.37. The van der Waals surface area contributed by atoms with Gasteiger partial charge in [-0.05, 0) is 56.1 Å². The van der Waals surface area contributed by atoms with E-state index in [1.165, 1.54) is 59.9 Å². The van der Waals surface area contributed by atoms with E-state index in [1.807, 2.05) is 22.8 Å². The molecule has 2 aliphatic rings. The zero-order valence-corrected chi connectivity index (χ0v) is 21.3. The number of thiophene rings is 1. The van der Waals surface area contributed by atoms with Crippen molar-refractivity contribution in [2.45, 2.75) is 88.4 Å². The van der Waals surface area contributed by atoms with Crippen molar-refractivity contribution < 1.29 is 4.79 Å². The van der Waals surface area contributed by atoms with Gasteiger partial charge in [0, 0.05) is 17.5 Å². The highest BCUT2D eigenvalue weighted by Gasteiger charge is 2.23. The van der Waals surface area contributed by atoms with Gasteiger partial charge >= 0.3 is 0 Å². The maximum Gasteiger partial charge on any atom is 0.263 e. The van der Waals surface area contributed by atoms with Crippen LogP contribution in [0.25, 0.3) is 10.2 Å². The summed E-state index contributed by atoms with van der Waals surface area (Å²) < 4.78 is 1.82. The van der Waals surface area contributed by atoms with Gasteiger partial charge in [0.25, 0.3) is 5.56 Å². The molecule has 2 aliphatic carbocycles. The molecule has 180 valence electrons. The summed E-state index contributed by atoms with van der Waals surface area (Å²) in [6, 6.07) is 10.5. The van der Waals surface area contributed by atoms with Crippen molar-refractivity contribution in [2.75, 3.05) is 5.75 Å². The number of benzene rings is 1. The highest BCUT2D eigenvalue weighted by atomic mass is 32.2. The van der Waals surface area contributed by atoms with Crippen molar-refractivity contribution in [1.82, 2.24) is 14.9 Å². The number of rotatable bonds is 7. The lowest BCUT2D eigenvalue weighted by Crippen LogP contribution is -2.35. The molecule has 0 aliphatic heterocycles. The van der Waals surface area contributed by atoms with Crippen molar-refractivity contribution in [3.63, 3.8) is 0 Å². The first-order valence-electron chi connectivity index (χ1n) is 12.7. The molecule has 2 heterocycles. The fourth-order valence-electron chi connectivity index (χ4n) is 5.24. The molecule has 1 N–H and O–H groups in total. The molecule has 0 saturated heterocycles. The third kappa shape index (κ3) is 5.41. The van der Waals surface area contributed by atoms with Crippen molar-refractivity contribution in [1.29, 1.82) is 0 Å². The van der Waals surface area contributed by atoms with Crippen LogP contribution in [0.1, 0.15) is 67.4 Å². The fraction of sp³-hybridized carbons (Fsp3) is 0.519. The first kappa shape index (κ1) is 23.6. The molecule has 0 radical (unpaired) electrons. The van der Waals surface area contributed by atoms with E-state index in [0.29, 0.717) is 17.5 Å². The number of nitrogens with one attached hydrogen (secondary N) is 1. The van der Waals surface area contributed by atoms with Crippen molar-refractivity contribution in [2.24, 2.45) is 0 Å². The summed E-state index contributed by atoms with van der Waals surface area (Å²) in [5, 5.41) is 4.71. The van der Waals surface area contributed by atoms with Crippen molar-refractivity contribution in [3.8, 4) is 0 Å². The normalized spacial score (nSPS) is 16.8.